The van der Waals surface area contributed by atoms with E-state index in [4.69, 9.17) is 37.0 Å². The van der Waals surface area contributed by atoms with Gasteiger partial charge in [0.15, 0.2) is 12.2 Å². The summed E-state index contributed by atoms with van der Waals surface area (Å²) < 4.78 is 68.1. The molecule has 19 heteroatoms. The largest absolute Gasteiger partial charge is 0.472 e. The fraction of sp³-hybridized carbons (Fsp3) is 0.945. The Morgan fingerprint density at radius 2 is 0.500 bits per heavy atom. The molecule has 0 aliphatic carbocycles. The van der Waals surface area contributed by atoms with Gasteiger partial charge in [0.1, 0.15) is 19.3 Å². The SMILES string of the molecule is CCCCCCCC(=O)OC[C@H](COP(=O)(O)OC[C@H](O)COP(=O)(O)OC[C@@H](COC(=O)CCCCCCCCCCCCCCCCCCC(C)C)OC(=O)CCCCCCCCCCCCCCCCCCC(C)C)OC(=O)CCCCCCCCC(C)C. The first-order valence-corrected chi connectivity index (χ1v) is 40.8. The third kappa shape index (κ3) is 66.7. The van der Waals surface area contributed by atoms with Crippen LogP contribution in [0.3, 0.4) is 0 Å². The van der Waals surface area contributed by atoms with Gasteiger partial charge >= 0.3 is 39.5 Å². The zero-order valence-corrected chi connectivity index (χ0v) is 61.8. The van der Waals surface area contributed by atoms with Gasteiger partial charge in [0, 0.05) is 25.7 Å². The highest BCUT2D eigenvalue weighted by Gasteiger charge is 2.30. The second kappa shape index (κ2) is 63.8. The quantitative estimate of drug-likeness (QED) is 0.0222. The first kappa shape index (κ1) is 90.1. The summed E-state index contributed by atoms with van der Waals surface area (Å²) in [5.41, 5.74) is 0. The van der Waals surface area contributed by atoms with Crippen molar-refractivity contribution in [3.05, 3.63) is 0 Å². The summed E-state index contributed by atoms with van der Waals surface area (Å²) in [5.74, 6) is 0.153. The van der Waals surface area contributed by atoms with Gasteiger partial charge in [-0.1, -0.05) is 318 Å². The Morgan fingerprint density at radius 1 is 0.293 bits per heavy atom. The normalized spacial score (nSPS) is 14.1. The van der Waals surface area contributed by atoms with Crippen LogP contribution in [0.2, 0.25) is 0 Å². The summed E-state index contributed by atoms with van der Waals surface area (Å²) >= 11 is 0. The van der Waals surface area contributed by atoms with Crippen LogP contribution in [0, 0.1) is 17.8 Å². The van der Waals surface area contributed by atoms with Crippen LogP contribution in [0.25, 0.3) is 0 Å². The minimum Gasteiger partial charge on any atom is -0.462 e. The minimum absolute atomic E-state index is 0.101. The Labute approximate surface area is 562 Å². The number of phosphoric ester groups is 2. The number of carbonyl (C=O) groups is 4. The molecule has 0 aromatic rings. The van der Waals surface area contributed by atoms with E-state index in [0.29, 0.717) is 31.6 Å². The van der Waals surface area contributed by atoms with Crippen LogP contribution in [0.15, 0.2) is 0 Å². The molecule has 0 fully saturated rings. The lowest BCUT2D eigenvalue weighted by Gasteiger charge is -2.21. The first-order chi connectivity index (χ1) is 44.2. The van der Waals surface area contributed by atoms with Crippen molar-refractivity contribution in [1.29, 1.82) is 0 Å². The average molecular weight is 1350 g/mol. The summed E-state index contributed by atoms with van der Waals surface area (Å²) in [4.78, 5) is 72.3. The lowest BCUT2D eigenvalue weighted by molar-refractivity contribution is -0.161. The van der Waals surface area contributed by atoms with Crippen LogP contribution in [0.1, 0.15) is 370 Å². The number of aliphatic hydroxyl groups is 1. The predicted octanol–water partition coefficient (Wildman–Crippen LogP) is 21.0. The number of unbranched alkanes of at least 4 members (excludes halogenated alkanes) is 39. The maximum absolute atomic E-state index is 13.1. The number of ether oxygens (including phenoxy) is 4. The van der Waals surface area contributed by atoms with E-state index >= 15 is 0 Å². The fourth-order valence-electron chi connectivity index (χ4n) is 11.1. The van der Waals surface area contributed by atoms with Crippen molar-refractivity contribution in [2.45, 2.75) is 388 Å². The Kier molecular flexibility index (Phi) is 62.4. The van der Waals surface area contributed by atoms with E-state index in [2.05, 4.69) is 48.5 Å². The van der Waals surface area contributed by atoms with Crippen LogP contribution in [-0.2, 0) is 65.4 Å². The molecule has 0 saturated heterocycles. The van der Waals surface area contributed by atoms with Crippen LogP contribution in [0.4, 0.5) is 0 Å². The zero-order chi connectivity index (χ0) is 68.0. The Hall–Kier alpha value is -1.94. The number of esters is 4. The van der Waals surface area contributed by atoms with Crippen LogP contribution in [0.5, 0.6) is 0 Å². The van der Waals surface area contributed by atoms with Gasteiger partial charge in [-0.2, -0.15) is 0 Å². The molecule has 0 rings (SSSR count). The lowest BCUT2D eigenvalue weighted by Crippen LogP contribution is -2.30. The molecule has 0 amide bonds. The molecule has 3 N–H and O–H groups in total. The van der Waals surface area contributed by atoms with Gasteiger partial charge in [-0.25, -0.2) is 9.13 Å². The molecule has 5 atom stereocenters. The topological polar surface area (TPSA) is 237 Å². The fourth-order valence-corrected chi connectivity index (χ4v) is 12.7. The van der Waals surface area contributed by atoms with Crippen molar-refractivity contribution in [2.75, 3.05) is 39.6 Å². The van der Waals surface area contributed by atoms with Crippen molar-refractivity contribution in [2.24, 2.45) is 17.8 Å². The second-order valence-corrected chi connectivity index (χ2v) is 30.7. The molecular weight excluding hydrogens is 1210 g/mol. The molecule has 2 unspecified atom stereocenters. The summed E-state index contributed by atoms with van der Waals surface area (Å²) in [6, 6.07) is 0. The lowest BCUT2D eigenvalue weighted by atomic mass is 10.0. The van der Waals surface area contributed by atoms with E-state index in [9.17, 15) is 43.2 Å². The standard InChI is InChI=1S/C73H142O17P2/c1-8-9-10-37-47-54-70(75)83-60-68(90-73(78)57-50-43-36-35-40-46-53-66(6)7)62-87-91(79,80)85-58-67(74)59-86-92(81,82)88-63-69(89-72(77)56-49-42-34-30-26-22-18-14-12-16-20-24-28-32-39-45-52-65(4)5)61-84-71(76)55-48-41-33-29-25-21-17-13-11-15-19-23-27-31-38-44-51-64(2)3/h64-69,74H,8-63H2,1-7H3,(H,79,80)(H,81,82)/t67-,68+,69+/m0/s1. The molecular formula is C73H142O17P2. The molecule has 0 bridgehead atoms. The van der Waals surface area contributed by atoms with Gasteiger partial charge in [0.25, 0.3) is 0 Å². The van der Waals surface area contributed by atoms with Crippen LogP contribution >= 0.6 is 15.6 Å². The van der Waals surface area contributed by atoms with Crippen LogP contribution in [-0.4, -0.2) is 96.7 Å². The maximum Gasteiger partial charge on any atom is 0.472 e. The summed E-state index contributed by atoms with van der Waals surface area (Å²) in [5, 5.41) is 10.6. The Bertz CT molecular complexity index is 1800. The second-order valence-electron chi connectivity index (χ2n) is 27.8. The molecule has 0 spiro atoms. The smallest absolute Gasteiger partial charge is 0.462 e. The monoisotopic (exact) mass is 1350 g/mol. The van der Waals surface area contributed by atoms with Gasteiger partial charge in [0.05, 0.1) is 26.4 Å². The predicted molar refractivity (Wildman–Crippen MR) is 372 cm³/mol. The highest BCUT2D eigenvalue weighted by molar-refractivity contribution is 7.47. The molecule has 92 heavy (non-hydrogen) atoms. The third-order valence-corrected chi connectivity index (χ3v) is 18.8. The summed E-state index contributed by atoms with van der Waals surface area (Å²) in [6.07, 6.45) is 49.3. The number of phosphoric acid groups is 2. The number of hydrogen-bond acceptors (Lipinski definition) is 15. The summed E-state index contributed by atoms with van der Waals surface area (Å²) in [7, 11) is -9.89. The van der Waals surface area contributed by atoms with Crippen molar-refractivity contribution in [3.63, 3.8) is 0 Å². The van der Waals surface area contributed by atoms with Crippen molar-refractivity contribution < 1.29 is 80.2 Å². The van der Waals surface area contributed by atoms with Gasteiger partial charge in [-0.05, 0) is 43.4 Å². The molecule has 0 aliphatic heterocycles. The minimum atomic E-state index is -4.95. The maximum atomic E-state index is 13.1. The van der Waals surface area contributed by atoms with E-state index in [-0.39, 0.29) is 25.7 Å². The van der Waals surface area contributed by atoms with Crippen molar-refractivity contribution in [3.8, 4) is 0 Å². The molecule has 17 nitrogen and oxygen atoms in total. The molecule has 0 radical (unpaired) electrons. The Balaban J connectivity index is 5.12. The molecule has 0 saturated carbocycles. The van der Waals surface area contributed by atoms with Crippen molar-refractivity contribution in [1.82, 2.24) is 0 Å². The highest BCUT2D eigenvalue weighted by Crippen LogP contribution is 2.45. The van der Waals surface area contributed by atoms with E-state index in [1.807, 2.05) is 0 Å². The highest BCUT2D eigenvalue weighted by atomic mass is 31.2. The summed E-state index contributed by atoms with van der Waals surface area (Å²) in [6.45, 7) is 11.7. The van der Waals surface area contributed by atoms with Crippen LogP contribution < -0.4 is 0 Å². The third-order valence-electron chi connectivity index (χ3n) is 16.9. The first-order valence-electron chi connectivity index (χ1n) is 37.8. The van der Waals surface area contributed by atoms with Gasteiger partial charge < -0.3 is 33.8 Å². The number of carbonyl (C=O) groups excluding carboxylic acids is 4. The molecule has 546 valence electrons. The number of hydrogen-bond donors (Lipinski definition) is 3. The van der Waals surface area contributed by atoms with Gasteiger partial charge in [0.2, 0.25) is 0 Å². The molecule has 0 heterocycles. The number of aliphatic hydroxyl groups excluding tert-OH is 1. The number of rotatable bonds is 71. The molecule has 0 aromatic carbocycles. The zero-order valence-electron chi connectivity index (χ0n) is 60.0. The van der Waals surface area contributed by atoms with E-state index in [0.717, 1.165) is 108 Å². The van der Waals surface area contributed by atoms with E-state index in [1.165, 1.54) is 173 Å². The molecule has 0 aromatic heterocycles. The Morgan fingerprint density at radius 3 is 0.739 bits per heavy atom. The molecule has 0 aliphatic rings. The van der Waals surface area contributed by atoms with Gasteiger partial charge in [-0.3, -0.25) is 37.3 Å². The average Bonchev–Trinajstić information content (AvgIpc) is 1.56. The van der Waals surface area contributed by atoms with Gasteiger partial charge in [-0.15, -0.1) is 0 Å². The van der Waals surface area contributed by atoms with Crippen molar-refractivity contribution >= 4 is 39.5 Å². The van der Waals surface area contributed by atoms with E-state index < -0.39 is 97.5 Å². The van der Waals surface area contributed by atoms with E-state index in [1.54, 1.807) is 0 Å².